The molecule has 0 spiro atoms. The summed E-state index contributed by atoms with van der Waals surface area (Å²) in [5.74, 6) is -1.25. The second-order valence-electron chi connectivity index (χ2n) is 7.30. The Balaban J connectivity index is 2.07. The monoisotopic (exact) mass is 340 g/mol. The normalized spacial score (nSPS) is 18.9. The summed E-state index contributed by atoms with van der Waals surface area (Å²) in [4.78, 5) is 0. The molecule has 0 aliphatic carbocycles. The number of unbranched alkanes of at least 4 members (excludes halogenated alkanes) is 3. The number of benzene rings is 1. The standard InChI is InChI=1S/C18H27BF2O3/c1-6-7-8-9-10-22-16-12-14(20)13(11-15(16)21)19-23-17(2,3)18(4,5)24-19/h11-12H,6-10H2,1-5H3. The Hall–Kier alpha value is -1.14. The topological polar surface area (TPSA) is 27.7 Å². The fourth-order valence-corrected chi connectivity index (χ4v) is 2.52. The van der Waals surface area contributed by atoms with Gasteiger partial charge in [0, 0.05) is 11.5 Å². The summed E-state index contributed by atoms with van der Waals surface area (Å²) in [6.45, 7) is 9.98. The van der Waals surface area contributed by atoms with Crippen LogP contribution >= 0.6 is 0 Å². The van der Waals surface area contributed by atoms with Gasteiger partial charge in [0.25, 0.3) is 0 Å². The second-order valence-corrected chi connectivity index (χ2v) is 7.30. The van der Waals surface area contributed by atoms with Crippen LogP contribution in [0.1, 0.15) is 60.3 Å². The molecule has 0 radical (unpaired) electrons. The predicted molar refractivity (Wildman–Crippen MR) is 91.7 cm³/mol. The molecule has 1 saturated heterocycles. The Kier molecular flexibility index (Phi) is 5.92. The maximum Gasteiger partial charge on any atom is 0.497 e. The highest BCUT2D eigenvalue weighted by atomic mass is 19.1. The van der Waals surface area contributed by atoms with Crippen molar-refractivity contribution in [2.75, 3.05) is 6.61 Å². The molecule has 0 saturated carbocycles. The van der Waals surface area contributed by atoms with Crippen LogP contribution in [0.25, 0.3) is 0 Å². The maximum absolute atomic E-state index is 14.4. The average molecular weight is 340 g/mol. The maximum atomic E-state index is 14.4. The molecule has 1 fully saturated rings. The Bertz CT molecular complexity index is 560. The van der Waals surface area contributed by atoms with E-state index in [0.717, 1.165) is 37.8 Å². The van der Waals surface area contributed by atoms with Gasteiger partial charge in [0.15, 0.2) is 11.6 Å². The van der Waals surface area contributed by atoms with Crippen molar-refractivity contribution in [3.63, 3.8) is 0 Å². The van der Waals surface area contributed by atoms with Crippen LogP contribution in [0.15, 0.2) is 12.1 Å². The average Bonchev–Trinajstić information content (AvgIpc) is 2.70. The van der Waals surface area contributed by atoms with Crippen molar-refractivity contribution >= 4 is 12.6 Å². The molecule has 1 heterocycles. The predicted octanol–water partition coefficient (Wildman–Crippen LogP) is 4.22. The van der Waals surface area contributed by atoms with Crippen molar-refractivity contribution in [2.45, 2.75) is 71.5 Å². The van der Waals surface area contributed by atoms with Gasteiger partial charge in [-0.15, -0.1) is 0 Å². The minimum atomic E-state index is -0.928. The first-order valence-electron chi connectivity index (χ1n) is 8.65. The van der Waals surface area contributed by atoms with Crippen molar-refractivity contribution in [3.8, 4) is 5.75 Å². The molecule has 134 valence electrons. The van der Waals surface area contributed by atoms with Gasteiger partial charge in [-0.2, -0.15) is 0 Å². The van der Waals surface area contributed by atoms with E-state index in [0.29, 0.717) is 6.61 Å². The molecular weight excluding hydrogens is 313 g/mol. The van der Waals surface area contributed by atoms with Crippen LogP contribution in [0.2, 0.25) is 0 Å². The van der Waals surface area contributed by atoms with Crippen LogP contribution in [-0.2, 0) is 9.31 Å². The summed E-state index contributed by atoms with van der Waals surface area (Å²) in [6.07, 6.45) is 4.08. The van der Waals surface area contributed by atoms with E-state index in [2.05, 4.69) is 6.92 Å². The van der Waals surface area contributed by atoms with Crippen LogP contribution in [-0.4, -0.2) is 24.9 Å². The Labute approximate surface area is 143 Å². The summed E-state index contributed by atoms with van der Waals surface area (Å²) in [5, 5.41) is 0. The summed E-state index contributed by atoms with van der Waals surface area (Å²) in [6, 6.07) is 2.19. The lowest BCUT2D eigenvalue weighted by molar-refractivity contribution is 0.00578. The van der Waals surface area contributed by atoms with Gasteiger partial charge in [-0.25, -0.2) is 8.78 Å². The fraction of sp³-hybridized carbons (Fsp3) is 0.667. The van der Waals surface area contributed by atoms with Crippen LogP contribution in [0.4, 0.5) is 8.78 Å². The molecule has 0 bridgehead atoms. The molecule has 0 amide bonds. The van der Waals surface area contributed by atoms with Crippen molar-refractivity contribution in [2.24, 2.45) is 0 Å². The molecule has 1 aromatic carbocycles. The number of hydrogen-bond donors (Lipinski definition) is 0. The summed E-state index contributed by atoms with van der Waals surface area (Å²) in [7, 11) is -0.928. The molecule has 1 aliphatic rings. The van der Waals surface area contributed by atoms with Crippen molar-refractivity contribution in [1.82, 2.24) is 0 Å². The quantitative estimate of drug-likeness (QED) is 0.549. The van der Waals surface area contributed by atoms with E-state index in [-0.39, 0.29) is 11.2 Å². The van der Waals surface area contributed by atoms with E-state index in [1.165, 1.54) is 0 Å². The van der Waals surface area contributed by atoms with E-state index in [4.69, 9.17) is 14.0 Å². The third kappa shape index (κ3) is 4.09. The zero-order valence-corrected chi connectivity index (χ0v) is 15.2. The lowest BCUT2D eigenvalue weighted by atomic mass is 9.78. The number of rotatable bonds is 7. The molecule has 1 aromatic rings. The first-order chi connectivity index (χ1) is 11.2. The van der Waals surface area contributed by atoms with Crippen molar-refractivity contribution in [3.05, 3.63) is 23.8 Å². The van der Waals surface area contributed by atoms with Gasteiger partial charge < -0.3 is 14.0 Å². The van der Waals surface area contributed by atoms with Crippen LogP contribution in [0, 0.1) is 11.6 Å². The summed E-state index contributed by atoms with van der Waals surface area (Å²) < 4.78 is 45.6. The van der Waals surface area contributed by atoms with Gasteiger partial charge in [-0.1, -0.05) is 26.2 Å². The molecule has 3 nitrogen and oxygen atoms in total. The van der Waals surface area contributed by atoms with E-state index in [1.54, 1.807) is 0 Å². The van der Waals surface area contributed by atoms with Gasteiger partial charge in [-0.3, -0.25) is 0 Å². The van der Waals surface area contributed by atoms with E-state index >= 15 is 0 Å². The molecule has 0 N–H and O–H groups in total. The Morgan fingerprint density at radius 3 is 2.17 bits per heavy atom. The van der Waals surface area contributed by atoms with Crippen molar-refractivity contribution in [1.29, 1.82) is 0 Å². The van der Waals surface area contributed by atoms with Crippen LogP contribution in [0.5, 0.6) is 5.75 Å². The lowest BCUT2D eigenvalue weighted by Gasteiger charge is -2.32. The molecular formula is C18H27BF2O3. The fourth-order valence-electron chi connectivity index (χ4n) is 2.52. The zero-order chi connectivity index (χ0) is 18.0. The molecule has 0 unspecified atom stereocenters. The van der Waals surface area contributed by atoms with Gasteiger partial charge in [0.1, 0.15) is 5.82 Å². The highest BCUT2D eigenvalue weighted by Crippen LogP contribution is 2.37. The highest BCUT2D eigenvalue weighted by molar-refractivity contribution is 6.62. The van der Waals surface area contributed by atoms with Gasteiger partial charge in [0.05, 0.1) is 17.8 Å². The molecule has 1 aliphatic heterocycles. The zero-order valence-electron chi connectivity index (χ0n) is 15.2. The summed E-state index contributed by atoms with van der Waals surface area (Å²) >= 11 is 0. The van der Waals surface area contributed by atoms with Gasteiger partial charge in [0.2, 0.25) is 0 Å². The lowest BCUT2D eigenvalue weighted by Crippen LogP contribution is -2.41. The van der Waals surface area contributed by atoms with Gasteiger partial charge in [-0.05, 0) is 40.2 Å². The second kappa shape index (κ2) is 7.40. The first-order valence-corrected chi connectivity index (χ1v) is 8.65. The molecule has 6 heteroatoms. The molecule has 2 rings (SSSR count). The SMILES string of the molecule is CCCCCCOc1cc(F)c(B2OC(C)(C)C(C)(C)O2)cc1F. The number of halogens is 2. The Morgan fingerprint density at radius 2 is 1.58 bits per heavy atom. The first kappa shape index (κ1) is 19.2. The summed E-state index contributed by atoms with van der Waals surface area (Å²) in [5.41, 5.74) is -1.14. The number of hydrogen-bond acceptors (Lipinski definition) is 3. The third-order valence-electron chi connectivity index (χ3n) is 4.81. The van der Waals surface area contributed by atoms with Crippen LogP contribution in [0.3, 0.4) is 0 Å². The minimum absolute atomic E-state index is 0.0597. The minimum Gasteiger partial charge on any atom is -0.490 e. The van der Waals surface area contributed by atoms with Crippen molar-refractivity contribution < 1.29 is 22.8 Å². The van der Waals surface area contributed by atoms with Gasteiger partial charge >= 0.3 is 7.12 Å². The molecule has 0 aromatic heterocycles. The third-order valence-corrected chi connectivity index (χ3v) is 4.81. The molecule has 0 atom stereocenters. The number of ether oxygens (including phenoxy) is 1. The van der Waals surface area contributed by atoms with E-state index < -0.39 is 30.0 Å². The van der Waals surface area contributed by atoms with E-state index in [9.17, 15) is 8.78 Å². The Morgan fingerprint density at radius 1 is 0.958 bits per heavy atom. The molecule has 24 heavy (non-hydrogen) atoms. The highest BCUT2D eigenvalue weighted by Gasteiger charge is 2.52. The largest absolute Gasteiger partial charge is 0.497 e. The van der Waals surface area contributed by atoms with E-state index in [1.807, 2.05) is 27.7 Å². The smallest absolute Gasteiger partial charge is 0.490 e. The van der Waals surface area contributed by atoms with Crippen LogP contribution < -0.4 is 10.2 Å².